The highest BCUT2D eigenvalue weighted by Crippen LogP contribution is 2.16. The molecule has 0 radical (unpaired) electrons. The fourth-order valence-electron chi connectivity index (χ4n) is 0.482. The third-order valence-electron chi connectivity index (χ3n) is 0.955. The van der Waals surface area contributed by atoms with Crippen LogP contribution in [0.1, 0.15) is 0 Å². The molecule has 0 bridgehead atoms. The molecule has 0 aromatic carbocycles. The molecule has 0 aromatic rings. The van der Waals surface area contributed by atoms with E-state index in [1.54, 1.807) is 0 Å². The van der Waals surface area contributed by atoms with E-state index in [1.807, 2.05) is 0 Å². The Hall–Kier alpha value is -1.27. The van der Waals surface area contributed by atoms with E-state index < -0.39 is 24.6 Å². The SMILES string of the molecule is CN(CC(=O)[O-])C(=O)C(F)(F)F. The zero-order valence-corrected chi connectivity index (χ0v) is 6.01. The van der Waals surface area contributed by atoms with Gasteiger partial charge in [-0.2, -0.15) is 13.2 Å². The molecular weight excluding hydrogens is 179 g/mol. The number of hydrogen-bond donors (Lipinski definition) is 0. The first kappa shape index (κ1) is 10.7. The average molecular weight is 184 g/mol. The normalized spacial score (nSPS) is 11.0. The van der Waals surface area contributed by atoms with Crippen LogP contribution in [0.4, 0.5) is 13.2 Å². The largest absolute Gasteiger partial charge is 0.548 e. The smallest absolute Gasteiger partial charge is 0.471 e. The summed E-state index contributed by atoms with van der Waals surface area (Å²) in [6, 6.07) is 0. The second-order valence-electron chi connectivity index (χ2n) is 2.03. The van der Waals surface area contributed by atoms with Crippen LogP contribution in [-0.4, -0.2) is 36.5 Å². The maximum atomic E-state index is 11.5. The van der Waals surface area contributed by atoms with Gasteiger partial charge in [0, 0.05) is 7.05 Å². The second-order valence-corrected chi connectivity index (χ2v) is 2.03. The van der Waals surface area contributed by atoms with Gasteiger partial charge in [0.1, 0.15) is 0 Å². The molecule has 0 aliphatic heterocycles. The second kappa shape index (κ2) is 3.42. The lowest BCUT2D eigenvalue weighted by molar-refractivity contribution is -0.306. The molecule has 4 nitrogen and oxygen atoms in total. The number of aliphatic carboxylic acids is 1. The van der Waals surface area contributed by atoms with E-state index in [4.69, 9.17) is 0 Å². The van der Waals surface area contributed by atoms with Crippen LogP contribution in [0.25, 0.3) is 0 Å². The monoisotopic (exact) mass is 184 g/mol. The number of nitrogens with zero attached hydrogens (tertiary/aromatic N) is 1. The minimum absolute atomic E-state index is 0.0231. The van der Waals surface area contributed by atoms with Crippen LogP contribution in [0.2, 0.25) is 0 Å². The van der Waals surface area contributed by atoms with Crippen molar-refractivity contribution in [2.24, 2.45) is 0 Å². The Morgan fingerprint density at radius 3 is 2.08 bits per heavy atom. The molecule has 0 heterocycles. The van der Waals surface area contributed by atoms with Gasteiger partial charge in [-0.05, 0) is 0 Å². The summed E-state index contributed by atoms with van der Waals surface area (Å²) in [5.41, 5.74) is 0. The Labute approximate surface area is 65.6 Å². The first-order chi connectivity index (χ1) is 5.25. The molecule has 0 spiro atoms. The number of likely N-dealkylation sites (N-methyl/N-ethyl adjacent to an activating group) is 1. The third kappa shape index (κ3) is 3.22. The van der Waals surface area contributed by atoms with Crippen LogP contribution in [0, 0.1) is 0 Å². The highest BCUT2D eigenvalue weighted by Gasteiger charge is 2.41. The Morgan fingerprint density at radius 2 is 1.83 bits per heavy atom. The number of carbonyl (C=O) groups is 2. The van der Waals surface area contributed by atoms with Gasteiger partial charge in [-0.3, -0.25) is 4.79 Å². The Kier molecular flexibility index (Phi) is 3.06. The standard InChI is InChI=1S/C5H6F3NO3/c1-9(2-3(10)11)4(12)5(6,7)8/h2H2,1H3,(H,10,11)/p-1. The minimum Gasteiger partial charge on any atom is -0.548 e. The van der Waals surface area contributed by atoms with Gasteiger partial charge in [-0.1, -0.05) is 0 Å². The molecule has 0 N–H and O–H groups in total. The molecule has 12 heavy (non-hydrogen) atoms. The summed E-state index contributed by atoms with van der Waals surface area (Å²) in [5.74, 6) is -3.94. The van der Waals surface area contributed by atoms with Crippen molar-refractivity contribution < 1.29 is 27.9 Å². The van der Waals surface area contributed by atoms with Crippen LogP contribution in [0.5, 0.6) is 0 Å². The molecule has 0 aromatic heterocycles. The molecule has 0 fully saturated rings. The molecule has 7 heteroatoms. The van der Waals surface area contributed by atoms with Gasteiger partial charge in [0.25, 0.3) is 0 Å². The quantitative estimate of drug-likeness (QED) is 0.539. The number of carbonyl (C=O) groups excluding carboxylic acids is 2. The molecule has 0 aliphatic rings. The first-order valence-corrected chi connectivity index (χ1v) is 2.77. The summed E-state index contributed by atoms with van der Waals surface area (Å²) >= 11 is 0. The zero-order chi connectivity index (χ0) is 9.94. The van der Waals surface area contributed by atoms with Gasteiger partial charge < -0.3 is 14.8 Å². The molecule has 70 valence electrons. The van der Waals surface area contributed by atoms with E-state index in [9.17, 15) is 27.9 Å². The van der Waals surface area contributed by atoms with Crippen molar-refractivity contribution in [3.63, 3.8) is 0 Å². The summed E-state index contributed by atoms with van der Waals surface area (Å²) in [6.45, 7) is -1.07. The molecule has 0 atom stereocenters. The topological polar surface area (TPSA) is 60.4 Å². The number of halogens is 3. The van der Waals surface area contributed by atoms with Gasteiger partial charge in [0.05, 0.1) is 12.5 Å². The Balaban J connectivity index is 4.21. The van der Waals surface area contributed by atoms with Crippen LogP contribution in [0.15, 0.2) is 0 Å². The lowest BCUT2D eigenvalue weighted by Crippen LogP contribution is -2.44. The van der Waals surface area contributed by atoms with Crippen molar-refractivity contribution >= 4 is 11.9 Å². The van der Waals surface area contributed by atoms with Gasteiger partial charge in [-0.25, -0.2) is 0 Å². The third-order valence-corrected chi connectivity index (χ3v) is 0.955. The van der Waals surface area contributed by atoms with Crippen molar-refractivity contribution in [2.75, 3.05) is 13.6 Å². The van der Waals surface area contributed by atoms with Gasteiger partial charge in [0.15, 0.2) is 0 Å². The van der Waals surface area contributed by atoms with Crippen LogP contribution in [-0.2, 0) is 9.59 Å². The number of amides is 1. The number of hydrogen-bond acceptors (Lipinski definition) is 3. The molecule has 0 saturated heterocycles. The molecule has 0 aliphatic carbocycles. The summed E-state index contributed by atoms with van der Waals surface area (Å²) in [7, 11) is 0.728. The maximum Gasteiger partial charge on any atom is 0.471 e. The number of carboxylic acids is 1. The van der Waals surface area contributed by atoms with E-state index >= 15 is 0 Å². The molecule has 1 amide bonds. The highest BCUT2D eigenvalue weighted by molar-refractivity contribution is 5.84. The predicted molar refractivity (Wildman–Crippen MR) is 28.7 cm³/mol. The fraction of sp³-hybridized carbons (Fsp3) is 0.600. The van der Waals surface area contributed by atoms with Crippen LogP contribution >= 0.6 is 0 Å². The Morgan fingerprint density at radius 1 is 1.42 bits per heavy atom. The predicted octanol–water partition coefficient (Wildman–Crippen LogP) is -1.24. The van der Waals surface area contributed by atoms with E-state index in [-0.39, 0.29) is 4.90 Å². The van der Waals surface area contributed by atoms with Crippen molar-refractivity contribution in [1.29, 1.82) is 0 Å². The molecular formula is C5H5F3NO3-. The zero-order valence-electron chi connectivity index (χ0n) is 6.01. The van der Waals surface area contributed by atoms with Gasteiger partial charge >= 0.3 is 12.1 Å². The summed E-state index contributed by atoms with van der Waals surface area (Å²) in [4.78, 5) is 20.0. The Bertz CT molecular complexity index is 201. The summed E-state index contributed by atoms with van der Waals surface area (Å²) in [6.07, 6.45) is -5.04. The fourth-order valence-corrected chi connectivity index (χ4v) is 0.482. The van der Waals surface area contributed by atoms with Crippen molar-refractivity contribution in [3.05, 3.63) is 0 Å². The highest BCUT2D eigenvalue weighted by atomic mass is 19.4. The van der Waals surface area contributed by atoms with E-state index in [0.29, 0.717) is 0 Å². The summed E-state index contributed by atoms with van der Waals surface area (Å²) in [5, 5.41) is 9.77. The average Bonchev–Trinajstić information content (AvgIpc) is 1.82. The van der Waals surface area contributed by atoms with Crippen molar-refractivity contribution in [2.45, 2.75) is 6.18 Å². The lowest BCUT2D eigenvalue weighted by atomic mass is 10.5. The molecule has 0 rings (SSSR count). The number of rotatable bonds is 2. The molecule has 0 saturated carbocycles. The summed E-state index contributed by atoms with van der Waals surface area (Å²) < 4.78 is 34.6. The minimum atomic E-state index is -5.04. The number of alkyl halides is 3. The van der Waals surface area contributed by atoms with E-state index in [0.717, 1.165) is 7.05 Å². The first-order valence-electron chi connectivity index (χ1n) is 2.77. The van der Waals surface area contributed by atoms with E-state index in [1.165, 1.54) is 0 Å². The lowest BCUT2D eigenvalue weighted by Gasteiger charge is -2.18. The van der Waals surface area contributed by atoms with Crippen LogP contribution in [0.3, 0.4) is 0 Å². The maximum absolute atomic E-state index is 11.5. The molecule has 0 unspecified atom stereocenters. The van der Waals surface area contributed by atoms with Gasteiger partial charge in [0.2, 0.25) is 0 Å². The van der Waals surface area contributed by atoms with Crippen molar-refractivity contribution in [3.8, 4) is 0 Å². The van der Waals surface area contributed by atoms with E-state index in [2.05, 4.69) is 0 Å². The van der Waals surface area contributed by atoms with Crippen molar-refractivity contribution in [1.82, 2.24) is 4.90 Å². The van der Waals surface area contributed by atoms with Gasteiger partial charge in [-0.15, -0.1) is 0 Å². The van der Waals surface area contributed by atoms with Crippen LogP contribution < -0.4 is 5.11 Å². The number of carboxylic acid groups (broad SMARTS) is 1.